The van der Waals surface area contributed by atoms with Crippen LogP contribution in [0.2, 0.25) is 0 Å². The van der Waals surface area contributed by atoms with Gasteiger partial charge in [0.1, 0.15) is 0 Å². The van der Waals surface area contributed by atoms with Gasteiger partial charge >= 0.3 is 0 Å². The first-order valence-electron chi connectivity index (χ1n) is 12.0. The van der Waals surface area contributed by atoms with E-state index in [0.29, 0.717) is 46.7 Å². The van der Waals surface area contributed by atoms with Gasteiger partial charge in [0, 0.05) is 24.2 Å². The van der Waals surface area contributed by atoms with Gasteiger partial charge in [-0.05, 0) is 69.2 Å². The Morgan fingerprint density at radius 2 is 1.71 bits per heavy atom. The third-order valence-corrected chi connectivity index (χ3v) is 7.70. The van der Waals surface area contributed by atoms with Gasteiger partial charge in [0.15, 0.2) is 11.5 Å². The quantitative estimate of drug-likeness (QED) is 0.648. The minimum Gasteiger partial charge on any atom is -0.493 e. The fraction of sp³-hybridized carbons (Fsp3) is 0.720. The molecule has 6 heteroatoms. The molecule has 4 atom stereocenters. The van der Waals surface area contributed by atoms with E-state index in [2.05, 4.69) is 16.7 Å². The molecule has 3 saturated heterocycles. The number of nitrogens with zero attached hydrogens (tertiary/aromatic N) is 2. The maximum absolute atomic E-state index is 13.9. The van der Waals surface area contributed by atoms with Crippen molar-refractivity contribution in [1.82, 2.24) is 9.80 Å². The minimum absolute atomic E-state index is 0.0986. The lowest BCUT2D eigenvalue weighted by Crippen LogP contribution is -2.65. The average Bonchev–Trinajstić information content (AvgIpc) is 2.82. The van der Waals surface area contributed by atoms with E-state index < -0.39 is 0 Å². The molecule has 172 valence electrons. The van der Waals surface area contributed by atoms with Crippen LogP contribution in [-0.2, 0) is 0 Å². The highest BCUT2D eigenvalue weighted by molar-refractivity contribution is 5.96. The van der Waals surface area contributed by atoms with Crippen molar-refractivity contribution in [2.45, 2.75) is 64.0 Å². The zero-order valence-electron chi connectivity index (χ0n) is 19.6. The lowest BCUT2D eigenvalue weighted by Gasteiger charge is -2.57. The molecule has 3 heterocycles. The summed E-state index contributed by atoms with van der Waals surface area (Å²) in [7, 11) is 4.78. The number of hydrogen-bond acceptors (Lipinski definition) is 5. The molecule has 0 saturated carbocycles. The molecule has 0 radical (unpaired) electrons. The number of likely N-dealkylation sites (tertiary alicyclic amines) is 1. The first-order chi connectivity index (χ1) is 15.1. The molecule has 3 aliphatic heterocycles. The van der Waals surface area contributed by atoms with Crippen LogP contribution in [0.5, 0.6) is 17.2 Å². The third kappa shape index (κ3) is 4.11. The van der Waals surface area contributed by atoms with Crippen LogP contribution in [0, 0.1) is 11.8 Å². The molecular formula is C25H38N2O4. The van der Waals surface area contributed by atoms with Crippen molar-refractivity contribution in [2.75, 3.05) is 41.0 Å². The third-order valence-electron chi connectivity index (χ3n) is 7.70. The number of hydrogen-bond donors (Lipinski definition) is 0. The summed E-state index contributed by atoms with van der Waals surface area (Å²) in [6.07, 6.45) is 8.39. The lowest BCUT2D eigenvalue weighted by molar-refractivity contribution is -0.0672. The van der Waals surface area contributed by atoms with E-state index in [1.165, 1.54) is 38.8 Å². The Morgan fingerprint density at radius 1 is 1.03 bits per heavy atom. The summed E-state index contributed by atoms with van der Waals surface area (Å²) in [5.41, 5.74) is 0.623. The van der Waals surface area contributed by atoms with Gasteiger partial charge in [-0.25, -0.2) is 0 Å². The molecule has 1 amide bonds. The molecule has 4 rings (SSSR count). The van der Waals surface area contributed by atoms with Crippen molar-refractivity contribution >= 4 is 5.91 Å². The molecule has 31 heavy (non-hydrogen) atoms. The average molecular weight is 431 g/mol. The lowest BCUT2D eigenvalue weighted by atomic mass is 9.69. The standard InChI is InChI=1S/C25H38N2O4/c1-5-6-11-20-19-10-8-13-26-12-7-9-17(23(19)26)16-27(20)25(28)18-14-21(29-2)24(31-4)22(15-18)30-3/h14-15,17,19-20,23H,5-13,16H2,1-4H3/t17-,19+,20+,23-/m0/s1. The van der Waals surface area contributed by atoms with Crippen LogP contribution in [0.3, 0.4) is 0 Å². The Bertz CT molecular complexity index is 756. The van der Waals surface area contributed by atoms with Gasteiger partial charge in [-0.2, -0.15) is 0 Å². The summed E-state index contributed by atoms with van der Waals surface area (Å²) in [4.78, 5) is 18.8. The van der Waals surface area contributed by atoms with E-state index in [9.17, 15) is 4.79 Å². The van der Waals surface area contributed by atoms with Gasteiger partial charge in [-0.1, -0.05) is 19.8 Å². The number of benzene rings is 1. The maximum Gasteiger partial charge on any atom is 0.254 e. The second-order valence-corrected chi connectivity index (χ2v) is 9.32. The van der Waals surface area contributed by atoms with Gasteiger partial charge in [0.05, 0.1) is 21.3 Å². The summed E-state index contributed by atoms with van der Waals surface area (Å²) in [5.74, 6) is 2.87. The second-order valence-electron chi connectivity index (χ2n) is 9.32. The highest BCUT2D eigenvalue weighted by atomic mass is 16.5. The Labute approximate surface area is 186 Å². The molecule has 0 spiro atoms. The monoisotopic (exact) mass is 430 g/mol. The molecule has 0 N–H and O–H groups in total. The van der Waals surface area contributed by atoms with Crippen molar-refractivity contribution in [3.05, 3.63) is 17.7 Å². The normalized spacial score (nSPS) is 28.1. The van der Waals surface area contributed by atoms with Crippen LogP contribution < -0.4 is 14.2 Å². The minimum atomic E-state index is 0.0986. The van der Waals surface area contributed by atoms with Gasteiger partial charge in [-0.15, -0.1) is 0 Å². The number of ether oxygens (including phenoxy) is 3. The largest absolute Gasteiger partial charge is 0.493 e. The molecule has 3 fully saturated rings. The Hall–Kier alpha value is -1.95. The van der Waals surface area contributed by atoms with Crippen LogP contribution in [0.15, 0.2) is 12.1 Å². The smallest absolute Gasteiger partial charge is 0.254 e. The Kier molecular flexibility index (Phi) is 6.95. The molecular weight excluding hydrogens is 392 g/mol. The van der Waals surface area contributed by atoms with Crippen LogP contribution in [0.4, 0.5) is 0 Å². The van der Waals surface area contributed by atoms with E-state index in [4.69, 9.17) is 14.2 Å². The van der Waals surface area contributed by atoms with Crippen molar-refractivity contribution in [2.24, 2.45) is 11.8 Å². The van der Waals surface area contributed by atoms with E-state index >= 15 is 0 Å². The SMILES string of the molecule is CCCC[C@@H]1[C@H]2CCCN3CCC[C@@H](CN1C(=O)c1cc(OC)c(OC)c(OC)c1)[C@@H]23. The van der Waals surface area contributed by atoms with Crippen molar-refractivity contribution in [3.63, 3.8) is 0 Å². The predicted molar refractivity (Wildman–Crippen MR) is 121 cm³/mol. The first kappa shape index (κ1) is 22.3. The number of methoxy groups -OCH3 is 3. The summed E-state index contributed by atoms with van der Waals surface area (Å²) < 4.78 is 16.5. The Morgan fingerprint density at radius 3 is 2.32 bits per heavy atom. The number of piperidine rings is 3. The van der Waals surface area contributed by atoms with Gasteiger partial charge in [0.25, 0.3) is 5.91 Å². The number of amides is 1. The van der Waals surface area contributed by atoms with E-state index in [-0.39, 0.29) is 5.91 Å². The van der Waals surface area contributed by atoms with Crippen molar-refractivity contribution in [3.8, 4) is 17.2 Å². The highest BCUT2D eigenvalue weighted by Crippen LogP contribution is 2.44. The van der Waals surface area contributed by atoms with Crippen molar-refractivity contribution in [1.29, 1.82) is 0 Å². The fourth-order valence-electron chi connectivity index (χ4n) is 6.38. The van der Waals surface area contributed by atoms with Gasteiger partial charge in [-0.3, -0.25) is 9.69 Å². The van der Waals surface area contributed by atoms with E-state index in [0.717, 1.165) is 25.8 Å². The predicted octanol–water partition coefficient (Wildman–Crippen LogP) is 4.22. The fourth-order valence-corrected chi connectivity index (χ4v) is 6.38. The van der Waals surface area contributed by atoms with E-state index in [1.807, 2.05) is 0 Å². The highest BCUT2D eigenvalue weighted by Gasteiger charge is 2.49. The van der Waals surface area contributed by atoms with Gasteiger partial charge in [0.2, 0.25) is 5.75 Å². The summed E-state index contributed by atoms with van der Waals surface area (Å²) in [6, 6.07) is 4.59. The molecule has 6 nitrogen and oxygen atoms in total. The molecule has 0 unspecified atom stereocenters. The number of rotatable bonds is 7. The number of carbonyl (C=O) groups excluding carboxylic acids is 1. The van der Waals surface area contributed by atoms with Gasteiger partial charge < -0.3 is 19.1 Å². The van der Waals surface area contributed by atoms with Crippen LogP contribution in [-0.4, -0.2) is 68.8 Å². The van der Waals surface area contributed by atoms with Crippen LogP contribution in [0.25, 0.3) is 0 Å². The van der Waals surface area contributed by atoms with Crippen LogP contribution >= 0.6 is 0 Å². The topological polar surface area (TPSA) is 51.2 Å². The maximum atomic E-state index is 13.9. The summed E-state index contributed by atoms with van der Waals surface area (Å²) in [6.45, 7) is 5.57. The summed E-state index contributed by atoms with van der Waals surface area (Å²) >= 11 is 0. The molecule has 0 aliphatic carbocycles. The molecule has 1 aromatic rings. The molecule has 3 aliphatic rings. The van der Waals surface area contributed by atoms with Crippen molar-refractivity contribution < 1.29 is 19.0 Å². The second kappa shape index (κ2) is 9.68. The zero-order chi connectivity index (χ0) is 22.0. The number of unbranched alkanes of at least 4 members (excludes halogenated alkanes) is 1. The molecule has 0 bridgehead atoms. The zero-order valence-corrected chi connectivity index (χ0v) is 19.6. The van der Waals surface area contributed by atoms with Crippen LogP contribution in [0.1, 0.15) is 62.2 Å². The number of carbonyl (C=O) groups is 1. The summed E-state index contributed by atoms with van der Waals surface area (Å²) in [5, 5.41) is 0. The molecule has 1 aromatic carbocycles. The Balaban J connectivity index is 1.68. The molecule has 0 aromatic heterocycles. The first-order valence-corrected chi connectivity index (χ1v) is 12.0. The van der Waals surface area contributed by atoms with E-state index in [1.54, 1.807) is 33.5 Å².